The summed E-state index contributed by atoms with van der Waals surface area (Å²) < 4.78 is 61.8. The van der Waals surface area contributed by atoms with Crippen molar-refractivity contribution in [3.05, 3.63) is 94.6 Å². The molecule has 0 aliphatic carbocycles. The van der Waals surface area contributed by atoms with Crippen molar-refractivity contribution in [3.63, 3.8) is 0 Å². The fraction of sp³-hybridized carbons (Fsp3) is 0.0476. The lowest BCUT2D eigenvalue weighted by atomic mass is 9.94. The highest BCUT2D eigenvalue weighted by molar-refractivity contribution is 6.32. The molecule has 150 valence electrons. The van der Waals surface area contributed by atoms with E-state index in [1.807, 2.05) is 0 Å². The summed E-state index contributed by atoms with van der Waals surface area (Å²) in [4.78, 5) is 24.1. The minimum Gasteiger partial charge on any atom is -0.416 e. The number of carbonyl (C=O) groups is 2. The molecular formula is C21H12BF4NO3. The number of ether oxygens (including phenoxy) is 1. The van der Waals surface area contributed by atoms with Gasteiger partial charge < -0.3 is 10.1 Å². The predicted octanol–water partition coefficient (Wildman–Crippen LogP) is 3.19. The van der Waals surface area contributed by atoms with Gasteiger partial charge in [-0.1, -0.05) is 54.0 Å². The van der Waals surface area contributed by atoms with Crippen LogP contribution >= 0.6 is 0 Å². The van der Waals surface area contributed by atoms with Crippen molar-refractivity contribution in [1.82, 2.24) is 5.32 Å². The zero-order valence-corrected chi connectivity index (χ0v) is 15.2. The van der Waals surface area contributed by atoms with Crippen LogP contribution in [0.3, 0.4) is 0 Å². The second-order valence-corrected chi connectivity index (χ2v) is 6.14. The van der Waals surface area contributed by atoms with Gasteiger partial charge in [0, 0.05) is 6.54 Å². The maximum atomic E-state index is 14.3. The van der Waals surface area contributed by atoms with Crippen LogP contribution in [0.1, 0.15) is 26.3 Å². The van der Waals surface area contributed by atoms with Gasteiger partial charge in [0.05, 0.1) is 5.56 Å². The average molecular weight is 413 g/mol. The Morgan fingerprint density at radius 3 is 2.10 bits per heavy atom. The third kappa shape index (κ3) is 4.35. The topological polar surface area (TPSA) is 55.4 Å². The molecule has 30 heavy (non-hydrogen) atoms. The van der Waals surface area contributed by atoms with Crippen LogP contribution in [0.25, 0.3) is 0 Å². The summed E-state index contributed by atoms with van der Waals surface area (Å²) in [7, 11) is 5.50. The van der Waals surface area contributed by atoms with Gasteiger partial charge in [0.1, 0.15) is 13.4 Å². The van der Waals surface area contributed by atoms with E-state index < -0.39 is 46.5 Å². The smallest absolute Gasteiger partial charge is 0.343 e. The first kappa shape index (κ1) is 21.1. The van der Waals surface area contributed by atoms with Crippen LogP contribution in [0, 0.1) is 23.3 Å². The first-order valence-electron chi connectivity index (χ1n) is 8.55. The highest BCUT2D eigenvalue weighted by Crippen LogP contribution is 2.30. The Morgan fingerprint density at radius 2 is 1.50 bits per heavy atom. The lowest BCUT2D eigenvalue weighted by molar-refractivity contribution is 0.0717. The van der Waals surface area contributed by atoms with Crippen LogP contribution in [0.15, 0.2) is 54.6 Å². The molecule has 0 bridgehead atoms. The highest BCUT2D eigenvalue weighted by atomic mass is 19.2. The Kier molecular flexibility index (Phi) is 6.20. The zero-order chi connectivity index (χ0) is 21.8. The molecule has 1 N–H and O–H groups in total. The molecule has 3 aromatic rings. The fourth-order valence-electron chi connectivity index (χ4n) is 2.58. The number of halogens is 4. The third-order valence-corrected chi connectivity index (χ3v) is 4.06. The fourth-order valence-corrected chi connectivity index (χ4v) is 2.58. The van der Waals surface area contributed by atoms with Crippen LogP contribution in [0.2, 0.25) is 0 Å². The van der Waals surface area contributed by atoms with E-state index in [0.29, 0.717) is 5.56 Å². The lowest BCUT2D eigenvalue weighted by Crippen LogP contribution is -2.26. The van der Waals surface area contributed by atoms with E-state index in [2.05, 4.69) is 10.1 Å². The van der Waals surface area contributed by atoms with Crippen molar-refractivity contribution in [3.8, 4) is 5.75 Å². The Bertz CT molecular complexity index is 1090. The SMILES string of the molecule is [B]c1cccc(C(=O)Oc2c(F)c(F)c(C(=O)NCc3ccccc3)c(F)c2F)c1. The van der Waals surface area contributed by atoms with Crippen molar-refractivity contribution in [2.45, 2.75) is 6.54 Å². The van der Waals surface area contributed by atoms with E-state index in [1.165, 1.54) is 18.2 Å². The number of nitrogens with one attached hydrogen (secondary N) is 1. The molecule has 0 aromatic heterocycles. The Labute approximate surface area is 169 Å². The molecule has 0 spiro atoms. The summed E-state index contributed by atoms with van der Waals surface area (Å²) in [6.07, 6.45) is 0. The molecule has 3 rings (SSSR count). The Balaban J connectivity index is 1.87. The first-order valence-corrected chi connectivity index (χ1v) is 8.55. The number of benzene rings is 3. The van der Waals surface area contributed by atoms with Crippen LogP contribution in [0.4, 0.5) is 17.6 Å². The van der Waals surface area contributed by atoms with E-state index in [0.717, 1.165) is 6.07 Å². The van der Waals surface area contributed by atoms with Crippen molar-refractivity contribution in [2.75, 3.05) is 0 Å². The highest BCUT2D eigenvalue weighted by Gasteiger charge is 2.31. The van der Waals surface area contributed by atoms with Crippen LogP contribution in [0.5, 0.6) is 5.75 Å². The standard InChI is InChI=1S/C21H12BF4NO3/c22-13-8-4-7-12(9-13)21(29)30-19-17(25)15(23)14(16(24)18(19)26)20(28)27-10-11-5-2-1-3-6-11/h1-9H,10H2,(H,27,28). The maximum absolute atomic E-state index is 14.3. The van der Waals surface area contributed by atoms with Gasteiger partial charge in [-0.2, -0.15) is 8.78 Å². The van der Waals surface area contributed by atoms with Gasteiger partial charge in [-0.15, -0.1) is 0 Å². The molecule has 2 radical (unpaired) electrons. The molecule has 9 heteroatoms. The van der Waals surface area contributed by atoms with Crippen LogP contribution in [-0.2, 0) is 6.54 Å². The quantitative estimate of drug-likeness (QED) is 0.230. The Hall–Kier alpha value is -3.62. The number of hydrogen-bond donors (Lipinski definition) is 1. The molecule has 0 saturated heterocycles. The minimum atomic E-state index is -2.02. The third-order valence-electron chi connectivity index (χ3n) is 4.06. The second-order valence-electron chi connectivity index (χ2n) is 6.14. The first-order chi connectivity index (χ1) is 14.3. The second kappa shape index (κ2) is 8.81. The van der Waals surface area contributed by atoms with E-state index in [4.69, 9.17) is 7.85 Å². The van der Waals surface area contributed by atoms with Crippen molar-refractivity contribution < 1.29 is 31.9 Å². The Morgan fingerprint density at radius 1 is 0.867 bits per heavy atom. The number of hydrogen-bond acceptors (Lipinski definition) is 3. The molecule has 0 heterocycles. The van der Waals surface area contributed by atoms with Crippen LogP contribution < -0.4 is 15.5 Å². The van der Waals surface area contributed by atoms with Gasteiger partial charge in [0.2, 0.25) is 17.4 Å². The van der Waals surface area contributed by atoms with E-state index in [9.17, 15) is 27.2 Å². The molecule has 0 aliphatic rings. The molecule has 0 unspecified atom stereocenters. The van der Waals surface area contributed by atoms with Gasteiger partial charge in [0.25, 0.3) is 5.91 Å². The molecule has 1 amide bonds. The lowest BCUT2D eigenvalue weighted by Gasteiger charge is -2.12. The molecule has 0 aliphatic heterocycles. The maximum Gasteiger partial charge on any atom is 0.343 e. The number of rotatable bonds is 5. The molecular weight excluding hydrogens is 401 g/mol. The summed E-state index contributed by atoms with van der Waals surface area (Å²) in [6, 6.07) is 13.5. The normalized spacial score (nSPS) is 10.5. The van der Waals surface area contributed by atoms with Gasteiger partial charge in [-0.25, -0.2) is 13.6 Å². The number of amides is 1. The molecule has 4 nitrogen and oxygen atoms in total. The summed E-state index contributed by atoms with van der Waals surface area (Å²) in [5.41, 5.74) is -0.905. The number of carbonyl (C=O) groups excluding carboxylic acids is 2. The van der Waals surface area contributed by atoms with Gasteiger partial charge in [-0.3, -0.25) is 4.79 Å². The molecule has 0 atom stereocenters. The molecule has 0 fully saturated rings. The summed E-state index contributed by atoms with van der Waals surface area (Å²) >= 11 is 0. The minimum absolute atomic E-state index is 0.131. The largest absolute Gasteiger partial charge is 0.416 e. The van der Waals surface area contributed by atoms with Crippen molar-refractivity contribution in [2.24, 2.45) is 0 Å². The van der Waals surface area contributed by atoms with Gasteiger partial charge in [0.15, 0.2) is 11.6 Å². The van der Waals surface area contributed by atoms with Gasteiger partial charge in [-0.05, 0) is 11.6 Å². The number of esters is 1. The van der Waals surface area contributed by atoms with Crippen molar-refractivity contribution in [1.29, 1.82) is 0 Å². The van der Waals surface area contributed by atoms with E-state index in [-0.39, 0.29) is 17.6 Å². The summed E-state index contributed by atoms with van der Waals surface area (Å²) in [5.74, 6) is -12.3. The average Bonchev–Trinajstić information content (AvgIpc) is 2.74. The monoisotopic (exact) mass is 413 g/mol. The van der Waals surface area contributed by atoms with Crippen molar-refractivity contribution >= 4 is 25.2 Å². The molecule has 0 saturated carbocycles. The van der Waals surface area contributed by atoms with Gasteiger partial charge >= 0.3 is 5.97 Å². The zero-order valence-electron chi connectivity index (χ0n) is 15.2. The van der Waals surface area contributed by atoms with Crippen LogP contribution in [-0.4, -0.2) is 19.7 Å². The summed E-state index contributed by atoms with van der Waals surface area (Å²) in [5, 5.41) is 2.17. The molecule has 3 aromatic carbocycles. The summed E-state index contributed by atoms with van der Waals surface area (Å²) in [6.45, 7) is -0.131. The predicted molar refractivity (Wildman–Crippen MR) is 101 cm³/mol. The van der Waals surface area contributed by atoms with E-state index >= 15 is 0 Å². The van der Waals surface area contributed by atoms with E-state index in [1.54, 1.807) is 30.3 Å².